The van der Waals surface area contributed by atoms with Gasteiger partial charge in [-0.05, 0) is 43.0 Å². The molecule has 2 atom stereocenters. The third-order valence-electron chi connectivity index (χ3n) is 4.22. The minimum absolute atomic E-state index is 0.135. The summed E-state index contributed by atoms with van der Waals surface area (Å²) < 4.78 is 13.4. The van der Waals surface area contributed by atoms with E-state index < -0.39 is 0 Å². The topological polar surface area (TPSA) is 15.3 Å². The molecule has 1 fully saturated rings. The highest BCUT2D eigenvalue weighted by molar-refractivity contribution is 5.26. The van der Waals surface area contributed by atoms with Crippen LogP contribution in [0.3, 0.4) is 0 Å². The second-order valence-electron chi connectivity index (χ2n) is 6.11. The summed E-state index contributed by atoms with van der Waals surface area (Å²) in [6, 6.07) is 6.12. The Balaban J connectivity index is 2.09. The summed E-state index contributed by atoms with van der Waals surface area (Å²) in [5, 5.41) is 3.59. The van der Waals surface area contributed by atoms with Gasteiger partial charge < -0.3 is 5.32 Å². The lowest BCUT2D eigenvalue weighted by Gasteiger charge is -2.40. The van der Waals surface area contributed by atoms with E-state index in [1.54, 1.807) is 6.07 Å². The fourth-order valence-electron chi connectivity index (χ4n) is 2.64. The Morgan fingerprint density at radius 1 is 1.42 bits per heavy atom. The standard InChI is InChI=1S/C16H25FN2/c1-11(2)16-10-19(13(4)8-18-16)9-14-7-15(17)6-5-12(14)3/h5-7,11,13,16,18H,8-10H2,1-4H3. The third kappa shape index (κ3) is 3.54. The molecular formula is C16H25FN2. The highest BCUT2D eigenvalue weighted by atomic mass is 19.1. The summed E-state index contributed by atoms with van der Waals surface area (Å²) in [4.78, 5) is 2.46. The zero-order valence-corrected chi connectivity index (χ0v) is 12.4. The van der Waals surface area contributed by atoms with E-state index in [-0.39, 0.29) is 5.82 Å². The molecule has 0 spiro atoms. The first-order chi connectivity index (χ1) is 8.97. The lowest BCUT2D eigenvalue weighted by molar-refractivity contribution is 0.116. The Bertz CT molecular complexity index is 431. The van der Waals surface area contributed by atoms with Gasteiger partial charge in [-0.25, -0.2) is 4.39 Å². The van der Waals surface area contributed by atoms with Crippen LogP contribution in [0.4, 0.5) is 4.39 Å². The van der Waals surface area contributed by atoms with Gasteiger partial charge in [0.1, 0.15) is 5.82 Å². The van der Waals surface area contributed by atoms with E-state index in [0.29, 0.717) is 18.0 Å². The fourth-order valence-corrected chi connectivity index (χ4v) is 2.64. The van der Waals surface area contributed by atoms with Gasteiger partial charge in [0.05, 0.1) is 0 Å². The molecule has 1 N–H and O–H groups in total. The molecule has 0 bridgehead atoms. The average Bonchev–Trinajstić information content (AvgIpc) is 2.36. The maximum Gasteiger partial charge on any atom is 0.123 e. The quantitative estimate of drug-likeness (QED) is 0.903. The van der Waals surface area contributed by atoms with Crippen molar-refractivity contribution in [2.45, 2.75) is 46.3 Å². The molecule has 2 unspecified atom stereocenters. The lowest BCUT2D eigenvalue weighted by atomic mass is 9.98. The van der Waals surface area contributed by atoms with E-state index in [0.717, 1.165) is 25.2 Å². The summed E-state index contributed by atoms with van der Waals surface area (Å²) in [5.74, 6) is 0.493. The van der Waals surface area contributed by atoms with Gasteiger partial charge in [0.25, 0.3) is 0 Å². The smallest absolute Gasteiger partial charge is 0.123 e. The van der Waals surface area contributed by atoms with Crippen molar-refractivity contribution in [2.75, 3.05) is 13.1 Å². The molecule has 19 heavy (non-hydrogen) atoms. The summed E-state index contributed by atoms with van der Waals surface area (Å²) in [7, 11) is 0. The van der Waals surface area contributed by atoms with Crippen LogP contribution in [0.25, 0.3) is 0 Å². The van der Waals surface area contributed by atoms with Gasteiger partial charge in [-0.15, -0.1) is 0 Å². The molecule has 2 rings (SSSR count). The fraction of sp³-hybridized carbons (Fsp3) is 0.625. The van der Waals surface area contributed by atoms with E-state index in [1.165, 1.54) is 11.6 Å². The van der Waals surface area contributed by atoms with Gasteiger partial charge >= 0.3 is 0 Å². The van der Waals surface area contributed by atoms with E-state index in [9.17, 15) is 4.39 Å². The molecule has 1 aromatic carbocycles. The number of hydrogen-bond donors (Lipinski definition) is 1. The molecule has 0 radical (unpaired) electrons. The molecule has 1 heterocycles. The van der Waals surface area contributed by atoms with E-state index in [4.69, 9.17) is 0 Å². The normalized spacial score (nSPS) is 24.9. The lowest BCUT2D eigenvalue weighted by Crippen LogP contribution is -2.56. The zero-order valence-electron chi connectivity index (χ0n) is 12.4. The summed E-state index contributed by atoms with van der Waals surface area (Å²) in [6.07, 6.45) is 0. The van der Waals surface area contributed by atoms with Crippen LogP contribution in [-0.4, -0.2) is 30.1 Å². The summed E-state index contributed by atoms with van der Waals surface area (Å²) >= 11 is 0. The molecule has 1 aliphatic rings. The van der Waals surface area contributed by atoms with Crippen molar-refractivity contribution in [1.29, 1.82) is 0 Å². The van der Waals surface area contributed by atoms with Crippen molar-refractivity contribution >= 4 is 0 Å². The SMILES string of the molecule is Cc1ccc(F)cc1CN1CC(C(C)C)NCC1C. The Morgan fingerprint density at radius 2 is 2.16 bits per heavy atom. The minimum Gasteiger partial charge on any atom is -0.311 e. The van der Waals surface area contributed by atoms with Gasteiger partial charge in [0, 0.05) is 31.7 Å². The van der Waals surface area contributed by atoms with Crippen LogP contribution >= 0.6 is 0 Å². The number of aryl methyl sites for hydroxylation is 1. The number of hydrogen-bond acceptors (Lipinski definition) is 2. The monoisotopic (exact) mass is 264 g/mol. The van der Waals surface area contributed by atoms with Crippen molar-refractivity contribution in [3.05, 3.63) is 35.1 Å². The summed E-state index contributed by atoms with van der Waals surface area (Å²) in [5.41, 5.74) is 2.28. The van der Waals surface area contributed by atoms with Gasteiger partial charge in [-0.2, -0.15) is 0 Å². The number of piperazine rings is 1. The number of nitrogens with one attached hydrogen (secondary N) is 1. The zero-order chi connectivity index (χ0) is 14.0. The molecule has 0 saturated carbocycles. The van der Waals surface area contributed by atoms with Gasteiger partial charge in [-0.1, -0.05) is 19.9 Å². The molecule has 1 saturated heterocycles. The van der Waals surface area contributed by atoms with Crippen molar-refractivity contribution in [3.63, 3.8) is 0 Å². The highest BCUT2D eigenvalue weighted by Gasteiger charge is 2.26. The maximum absolute atomic E-state index is 13.4. The molecule has 1 aliphatic heterocycles. The highest BCUT2D eigenvalue weighted by Crippen LogP contribution is 2.18. The molecule has 1 aromatic rings. The van der Waals surface area contributed by atoms with Crippen LogP contribution in [0.15, 0.2) is 18.2 Å². The number of rotatable bonds is 3. The van der Waals surface area contributed by atoms with Crippen molar-refractivity contribution in [1.82, 2.24) is 10.2 Å². The molecule has 0 aromatic heterocycles. The molecule has 2 nitrogen and oxygen atoms in total. The van der Waals surface area contributed by atoms with Gasteiger partial charge in [-0.3, -0.25) is 4.90 Å². The molecular weight excluding hydrogens is 239 g/mol. The van der Waals surface area contributed by atoms with Crippen LogP contribution in [0, 0.1) is 18.7 Å². The predicted octanol–water partition coefficient (Wildman–Crippen LogP) is 2.95. The van der Waals surface area contributed by atoms with Crippen LogP contribution in [-0.2, 0) is 6.54 Å². The van der Waals surface area contributed by atoms with Crippen molar-refractivity contribution in [3.8, 4) is 0 Å². The number of benzene rings is 1. The Hall–Kier alpha value is -0.930. The van der Waals surface area contributed by atoms with Crippen LogP contribution in [0.2, 0.25) is 0 Å². The van der Waals surface area contributed by atoms with Crippen molar-refractivity contribution in [2.24, 2.45) is 5.92 Å². The van der Waals surface area contributed by atoms with E-state index >= 15 is 0 Å². The first-order valence-corrected chi connectivity index (χ1v) is 7.20. The predicted molar refractivity (Wildman–Crippen MR) is 77.6 cm³/mol. The largest absolute Gasteiger partial charge is 0.311 e. The second kappa shape index (κ2) is 6.02. The molecule has 0 aliphatic carbocycles. The number of halogens is 1. The van der Waals surface area contributed by atoms with Gasteiger partial charge in [0.15, 0.2) is 0 Å². The second-order valence-corrected chi connectivity index (χ2v) is 6.11. The summed E-state index contributed by atoms with van der Waals surface area (Å²) in [6.45, 7) is 11.7. The van der Waals surface area contributed by atoms with Gasteiger partial charge in [0.2, 0.25) is 0 Å². The third-order valence-corrected chi connectivity index (χ3v) is 4.22. The van der Waals surface area contributed by atoms with E-state index in [1.807, 2.05) is 6.07 Å². The van der Waals surface area contributed by atoms with Crippen LogP contribution in [0.5, 0.6) is 0 Å². The number of nitrogens with zero attached hydrogens (tertiary/aromatic N) is 1. The molecule has 3 heteroatoms. The van der Waals surface area contributed by atoms with Crippen LogP contribution < -0.4 is 5.32 Å². The maximum atomic E-state index is 13.4. The van der Waals surface area contributed by atoms with Crippen molar-refractivity contribution < 1.29 is 4.39 Å². The Morgan fingerprint density at radius 3 is 2.84 bits per heavy atom. The Labute approximate surface area is 116 Å². The first kappa shape index (κ1) is 14.5. The Kier molecular flexibility index (Phi) is 4.58. The van der Waals surface area contributed by atoms with E-state index in [2.05, 4.69) is 37.9 Å². The molecule has 106 valence electrons. The molecule has 0 amide bonds. The average molecular weight is 264 g/mol. The first-order valence-electron chi connectivity index (χ1n) is 7.20. The van der Waals surface area contributed by atoms with Crippen LogP contribution in [0.1, 0.15) is 31.9 Å². The minimum atomic E-state index is -0.135.